The van der Waals surface area contributed by atoms with E-state index in [1.165, 1.54) is 11.3 Å². The lowest BCUT2D eigenvalue weighted by atomic mass is 9.91. The zero-order valence-corrected chi connectivity index (χ0v) is 14.8. The molecule has 0 fully saturated rings. The summed E-state index contributed by atoms with van der Waals surface area (Å²) in [4.78, 5) is 14.3. The number of nitrogens with zero attached hydrogens (tertiary/aromatic N) is 2. The molecule has 0 radical (unpaired) electrons. The van der Waals surface area contributed by atoms with Gasteiger partial charge in [-0.05, 0) is 58.0 Å². The van der Waals surface area contributed by atoms with E-state index in [0.29, 0.717) is 6.04 Å². The number of hydrogen-bond donors (Lipinski definition) is 1. The summed E-state index contributed by atoms with van der Waals surface area (Å²) in [5.41, 5.74) is 2.64. The average molecular weight is 329 g/mol. The lowest BCUT2D eigenvalue weighted by Crippen LogP contribution is -2.37. The molecule has 0 bridgehead atoms. The molecule has 3 rings (SSSR count). The Morgan fingerprint density at radius 3 is 2.83 bits per heavy atom. The van der Waals surface area contributed by atoms with Crippen LogP contribution in [-0.2, 0) is 25.9 Å². The first-order valence-electron chi connectivity index (χ1n) is 8.68. The van der Waals surface area contributed by atoms with Gasteiger partial charge in [-0.2, -0.15) is 0 Å². The number of likely N-dealkylation sites (N-methyl/N-ethyl adjacent to an activating group) is 1. The van der Waals surface area contributed by atoms with Crippen molar-refractivity contribution in [3.8, 4) is 0 Å². The summed E-state index contributed by atoms with van der Waals surface area (Å²) in [7, 11) is 4.08. The van der Waals surface area contributed by atoms with Crippen LogP contribution in [0.3, 0.4) is 0 Å². The highest BCUT2D eigenvalue weighted by molar-refractivity contribution is 5.25. The fraction of sp³-hybridized carbons (Fsp3) is 0.526. The van der Waals surface area contributed by atoms with Gasteiger partial charge in [-0.25, -0.2) is 0 Å². The van der Waals surface area contributed by atoms with Gasteiger partial charge in [-0.15, -0.1) is 0 Å². The second-order valence-corrected chi connectivity index (χ2v) is 6.93. The number of fused-ring (bicyclic) bond motifs is 1. The molecule has 0 aromatic carbocycles. The van der Waals surface area contributed by atoms with Gasteiger partial charge < -0.3 is 19.2 Å². The second kappa shape index (κ2) is 7.36. The third kappa shape index (κ3) is 3.97. The molecule has 5 nitrogen and oxygen atoms in total. The van der Waals surface area contributed by atoms with Gasteiger partial charge in [0, 0.05) is 30.9 Å². The fourth-order valence-corrected chi connectivity index (χ4v) is 3.37. The van der Waals surface area contributed by atoms with Crippen molar-refractivity contribution in [3.63, 3.8) is 0 Å². The largest absolute Gasteiger partial charge is 0.465 e. The van der Waals surface area contributed by atoms with E-state index in [1.54, 1.807) is 6.07 Å². The summed E-state index contributed by atoms with van der Waals surface area (Å²) in [6.07, 6.45) is 2.98. The molecule has 1 N–H and O–H groups in total. The maximum atomic E-state index is 12.2. The summed E-state index contributed by atoms with van der Waals surface area (Å²) in [5.74, 6) is 1.93. The van der Waals surface area contributed by atoms with Crippen molar-refractivity contribution in [2.75, 3.05) is 20.6 Å². The molecule has 0 spiro atoms. The van der Waals surface area contributed by atoms with Crippen molar-refractivity contribution in [3.05, 3.63) is 57.4 Å². The molecule has 2 aromatic heterocycles. The third-order valence-electron chi connectivity index (χ3n) is 4.72. The van der Waals surface area contributed by atoms with Crippen molar-refractivity contribution in [2.45, 2.75) is 45.3 Å². The molecule has 5 heteroatoms. The van der Waals surface area contributed by atoms with Crippen molar-refractivity contribution in [1.82, 2.24) is 14.8 Å². The van der Waals surface area contributed by atoms with E-state index in [9.17, 15) is 4.79 Å². The maximum Gasteiger partial charge on any atom is 0.250 e. The Kier molecular flexibility index (Phi) is 5.21. The molecule has 0 unspecified atom stereocenters. The Hall–Kier alpha value is -1.85. The molecule has 2 heterocycles. The standard InChI is InChI=1S/C19H27N3O2/c1-14-4-7-17(24-14)13-20-16-6-8-18-15(12-16)5-9-19(23)22(18)11-10-21(2)3/h4-5,7,9,16,20H,6,8,10-13H2,1-3H3/t16-/m0/s1. The molecule has 24 heavy (non-hydrogen) atoms. The van der Waals surface area contributed by atoms with Crippen LogP contribution in [-0.4, -0.2) is 36.1 Å². The predicted octanol–water partition coefficient (Wildman–Crippen LogP) is 1.96. The van der Waals surface area contributed by atoms with E-state index < -0.39 is 0 Å². The number of furan rings is 1. The molecule has 1 atom stereocenters. The zero-order chi connectivity index (χ0) is 17.1. The van der Waals surface area contributed by atoms with Gasteiger partial charge in [0.15, 0.2) is 0 Å². The summed E-state index contributed by atoms with van der Waals surface area (Å²) in [5, 5.41) is 3.59. The second-order valence-electron chi connectivity index (χ2n) is 6.93. The summed E-state index contributed by atoms with van der Waals surface area (Å²) >= 11 is 0. The lowest BCUT2D eigenvalue weighted by Gasteiger charge is -2.28. The summed E-state index contributed by atoms with van der Waals surface area (Å²) in [6.45, 7) is 4.37. The van der Waals surface area contributed by atoms with Crippen LogP contribution in [0.4, 0.5) is 0 Å². The number of aryl methyl sites for hydroxylation is 1. The highest BCUT2D eigenvalue weighted by atomic mass is 16.3. The number of nitrogens with one attached hydrogen (secondary N) is 1. The highest BCUT2D eigenvalue weighted by Crippen LogP contribution is 2.21. The summed E-state index contributed by atoms with van der Waals surface area (Å²) in [6, 6.07) is 8.18. The Morgan fingerprint density at radius 1 is 1.29 bits per heavy atom. The molecule has 1 aliphatic rings. The van der Waals surface area contributed by atoms with Crippen LogP contribution in [0.1, 0.15) is 29.2 Å². The quantitative estimate of drug-likeness (QED) is 0.880. The van der Waals surface area contributed by atoms with Crippen LogP contribution >= 0.6 is 0 Å². The van der Waals surface area contributed by atoms with Gasteiger partial charge in [0.2, 0.25) is 0 Å². The van der Waals surface area contributed by atoms with Crippen LogP contribution in [0.15, 0.2) is 33.5 Å². The first-order valence-corrected chi connectivity index (χ1v) is 8.68. The van der Waals surface area contributed by atoms with Crippen LogP contribution in [0.2, 0.25) is 0 Å². The van der Waals surface area contributed by atoms with Gasteiger partial charge in [0.05, 0.1) is 6.54 Å². The van der Waals surface area contributed by atoms with Gasteiger partial charge in [0.1, 0.15) is 11.5 Å². The smallest absolute Gasteiger partial charge is 0.250 e. The minimum Gasteiger partial charge on any atom is -0.465 e. The number of pyridine rings is 1. The lowest BCUT2D eigenvalue weighted by molar-refractivity contribution is 0.367. The Balaban J connectivity index is 1.67. The van der Waals surface area contributed by atoms with Crippen molar-refractivity contribution in [1.29, 1.82) is 0 Å². The van der Waals surface area contributed by atoms with Gasteiger partial charge >= 0.3 is 0 Å². The number of aromatic nitrogens is 1. The molecular formula is C19H27N3O2. The molecule has 2 aromatic rings. The molecule has 0 amide bonds. The zero-order valence-electron chi connectivity index (χ0n) is 14.8. The number of hydrogen-bond acceptors (Lipinski definition) is 4. The van der Waals surface area contributed by atoms with E-state index in [4.69, 9.17) is 4.42 Å². The predicted molar refractivity (Wildman–Crippen MR) is 95.4 cm³/mol. The van der Waals surface area contributed by atoms with Crippen LogP contribution < -0.4 is 10.9 Å². The van der Waals surface area contributed by atoms with Gasteiger partial charge in [-0.1, -0.05) is 6.07 Å². The molecule has 130 valence electrons. The topological polar surface area (TPSA) is 50.4 Å². The number of rotatable bonds is 6. The highest BCUT2D eigenvalue weighted by Gasteiger charge is 2.21. The molecule has 0 saturated carbocycles. The Morgan fingerprint density at radius 2 is 2.12 bits per heavy atom. The minimum atomic E-state index is 0.119. The van der Waals surface area contributed by atoms with E-state index in [1.807, 2.05) is 43.8 Å². The minimum absolute atomic E-state index is 0.119. The normalized spacial score (nSPS) is 17.2. The maximum absolute atomic E-state index is 12.2. The monoisotopic (exact) mass is 329 g/mol. The van der Waals surface area contributed by atoms with Crippen molar-refractivity contribution >= 4 is 0 Å². The first kappa shape index (κ1) is 17.0. The summed E-state index contributed by atoms with van der Waals surface area (Å²) < 4.78 is 7.58. The van der Waals surface area contributed by atoms with Gasteiger partial charge in [0.25, 0.3) is 5.56 Å². The Bertz CT molecular complexity index is 745. The van der Waals surface area contributed by atoms with Crippen molar-refractivity contribution in [2.24, 2.45) is 0 Å². The third-order valence-corrected chi connectivity index (χ3v) is 4.72. The first-order chi connectivity index (χ1) is 11.5. The van der Waals surface area contributed by atoms with Crippen LogP contribution in [0.5, 0.6) is 0 Å². The van der Waals surface area contributed by atoms with Crippen LogP contribution in [0, 0.1) is 6.92 Å². The van der Waals surface area contributed by atoms with E-state index in [2.05, 4.69) is 10.2 Å². The molecule has 1 aliphatic carbocycles. The SMILES string of the molecule is Cc1ccc(CN[C@H]2CCc3c(ccc(=O)n3CCN(C)C)C2)o1. The van der Waals surface area contributed by atoms with Crippen molar-refractivity contribution < 1.29 is 4.42 Å². The van der Waals surface area contributed by atoms with Gasteiger partial charge in [-0.3, -0.25) is 4.79 Å². The average Bonchev–Trinajstić information content (AvgIpc) is 2.97. The van der Waals surface area contributed by atoms with E-state index in [0.717, 1.165) is 50.4 Å². The van der Waals surface area contributed by atoms with E-state index in [-0.39, 0.29) is 5.56 Å². The Labute approximate surface area is 143 Å². The van der Waals surface area contributed by atoms with E-state index >= 15 is 0 Å². The molecular weight excluding hydrogens is 302 g/mol. The molecule has 0 saturated heterocycles. The fourth-order valence-electron chi connectivity index (χ4n) is 3.37. The molecule has 0 aliphatic heterocycles. The van der Waals surface area contributed by atoms with Crippen LogP contribution in [0.25, 0.3) is 0 Å².